The van der Waals surface area contributed by atoms with Gasteiger partial charge < -0.3 is 28.6 Å². The van der Waals surface area contributed by atoms with Crippen molar-refractivity contribution in [3.05, 3.63) is 59.8 Å². The molecule has 4 rings (SSSR count). The number of imidazole rings is 1. The molecule has 0 spiro atoms. The molecule has 11 heteroatoms. The van der Waals surface area contributed by atoms with Gasteiger partial charge in [-0.15, -0.1) is 0 Å². The summed E-state index contributed by atoms with van der Waals surface area (Å²) in [6.07, 6.45) is 3.19. The van der Waals surface area contributed by atoms with Crippen LogP contribution in [0.2, 0.25) is 0 Å². The van der Waals surface area contributed by atoms with E-state index in [9.17, 15) is 14.1 Å². The average molecular weight is 510 g/mol. The van der Waals surface area contributed by atoms with E-state index in [4.69, 9.17) is 18.9 Å². The molecule has 0 unspecified atom stereocenters. The molecule has 1 N–H and O–H groups in total. The van der Waals surface area contributed by atoms with E-state index in [1.165, 1.54) is 34.6 Å². The van der Waals surface area contributed by atoms with Crippen LogP contribution >= 0.6 is 0 Å². The predicted molar refractivity (Wildman–Crippen MR) is 135 cm³/mol. The van der Waals surface area contributed by atoms with Crippen molar-refractivity contribution in [3.8, 4) is 34.1 Å². The average Bonchev–Trinajstić information content (AvgIpc) is 3.32. The fraction of sp³-hybridized carbons (Fsp3) is 0.200. The van der Waals surface area contributed by atoms with Gasteiger partial charge in [-0.05, 0) is 23.8 Å². The van der Waals surface area contributed by atoms with Crippen molar-refractivity contribution in [1.29, 1.82) is 0 Å². The van der Waals surface area contributed by atoms with Crippen LogP contribution in [-0.2, 0) is 18.3 Å². The lowest BCUT2D eigenvalue weighted by Gasteiger charge is -2.18. The lowest BCUT2D eigenvalue weighted by atomic mass is 9.92. The molecule has 0 saturated carbocycles. The highest BCUT2D eigenvalue weighted by molar-refractivity contribution is 7.67. The number of carboxylic acids is 1. The Kier molecular flexibility index (Phi) is 6.93. The summed E-state index contributed by atoms with van der Waals surface area (Å²) in [5.74, 6) is 0.709. The molecule has 4 aromatic rings. The van der Waals surface area contributed by atoms with Crippen molar-refractivity contribution in [2.24, 2.45) is 7.05 Å². The van der Waals surface area contributed by atoms with Gasteiger partial charge in [-0.3, -0.25) is 0 Å². The third kappa shape index (κ3) is 4.13. The van der Waals surface area contributed by atoms with Crippen LogP contribution in [0.15, 0.2) is 42.7 Å². The number of methoxy groups -OCH3 is 4. The number of benzene rings is 2. The predicted octanol–water partition coefficient (Wildman–Crippen LogP) is 3.15. The van der Waals surface area contributed by atoms with Gasteiger partial charge in [-0.1, -0.05) is 6.07 Å². The zero-order chi connectivity index (χ0) is 26.0. The molecule has 0 amide bonds. The number of ether oxygens (including phenoxy) is 4. The number of nitrogens with zero attached hydrogens (tertiary/aromatic N) is 3. The van der Waals surface area contributed by atoms with E-state index in [-0.39, 0.29) is 27.4 Å². The molecule has 0 aliphatic heterocycles. The first kappa shape index (κ1) is 24.7. The summed E-state index contributed by atoms with van der Waals surface area (Å²) in [4.78, 5) is 21.7. The van der Waals surface area contributed by atoms with E-state index in [0.717, 1.165) is 0 Å². The molecule has 0 bridgehead atoms. The Morgan fingerprint density at radius 1 is 0.944 bits per heavy atom. The van der Waals surface area contributed by atoms with Crippen LogP contribution in [0.1, 0.15) is 21.9 Å². The van der Waals surface area contributed by atoms with Crippen molar-refractivity contribution in [3.63, 3.8) is 0 Å². The van der Waals surface area contributed by atoms with Gasteiger partial charge in [0.2, 0.25) is 0 Å². The van der Waals surface area contributed by atoms with Gasteiger partial charge >= 0.3 is 5.97 Å². The maximum atomic E-state index is 12.8. The maximum absolute atomic E-state index is 12.8. The Bertz CT molecular complexity index is 1540. The smallest absolute Gasteiger partial charge is 0.338 e. The number of carboxylic acid groups (broad SMARTS) is 1. The molecule has 36 heavy (non-hydrogen) atoms. The fourth-order valence-corrected chi connectivity index (χ4v) is 4.52. The Balaban J connectivity index is 2.21. The summed E-state index contributed by atoms with van der Waals surface area (Å²) in [6.45, 7) is 0. The summed E-state index contributed by atoms with van der Waals surface area (Å²) >= 11 is 0.127. The molecule has 0 fully saturated rings. The molecule has 10 nitrogen and oxygen atoms in total. The van der Waals surface area contributed by atoms with E-state index in [0.29, 0.717) is 50.9 Å². The molecule has 2 heterocycles. The van der Waals surface area contributed by atoms with Crippen LogP contribution in [0.4, 0.5) is 0 Å². The van der Waals surface area contributed by atoms with E-state index in [1.807, 2.05) is 0 Å². The molecule has 2 aromatic heterocycles. The number of rotatable bonds is 8. The highest BCUT2D eigenvalue weighted by atomic mass is 32.1. The molecule has 0 radical (unpaired) electrons. The second-order valence-corrected chi connectivity index (χ2v) is 8.16. The Labute approximate surface area is 210 Å². The molecule has 0 aliphatic carbocycles. The number of hydrogen-bond donors (Lipinski definition) is 1. The molecule has 0 saturated heterocycles. The van der Waals surface area contributed by atoms with Crippen LogP contribution < -0.4 is 18.9 Å². The number of fused-ring (bicyclic) bond motifs is 1. The van der Waals surface area contributed by atoms with E-state index < -0.39 is 5.97 Å². The van der Waals surface area contributed by atoms with Crippen molar-refractivity contribution < 1.29 is 33.1 Å². The number of carbonyl (C=O) groups is 1. The van der Waals surface area contributed by atoms with Crippen LogP contribution in [0.5, 0.6) is 23.0 Å². The van der Waals surface area contributed by atoms with Gasteiger partial charge in [-0.25, -0.2) is 19.0 Å². The summed E-state index contributed by atoms with van der Waals surface area (Å²) in [6, 6.07) is 8.37. The normalized spacial score (nSPS) is 10.7. The third-order valence-electron chi connectivity index (χ3n) is 5.70. The van der Waals surface area contributed by atoms with Crippen LogP contribution in [0.3, 0.4) is 0 Å². The standard InChI is InChI=1S/C25H23N3O7S/c1-28-9-8-26-24(28)23(36-31)22-21(25(29)30)20(13-6-7-16(32-2)17(10-13)33-3)14-11-18(34-4)19(35-5)12-15(14)27-22/h6-12H,1-5H3,(H,29,30). The van der Waals surface area contributed by atoms with Crippen LogP contribution in [-0.4, -0.2) is 63.1 Å². The molecule has 0 aliphatic rings. The molecular weight excluding hydrogens is 486 g/mol. The molecule has 0 atom stereocenters. The van der Waals surface area contributed by atoms with Gasteiger partial charge in [0.05, 0.1) is 39.5 Å². The number of hydrogen-bond acceptors (Lipinski definition) is 8. The second kappa shape index (κ2) is 10.1. The third-order valence-corrected chi connectivity index (χ3v) is 6.24. The second-order valence-electron chi connectivity index (χ2n) is 7.58. The van der Waals surface area contributed by atoms with Crippen molar-refractivity contribution in [2.45, 2.75) is 0 Å². The van der Waals surface area contributed by atoms with Gasteiger partial charge in [0.25, 0.3) is 0 Å². The highest BCUT2D eigenvalue weighted by Crippen LogP contribution is 2.41. The quantitative estimate of drug-likeness (QED) is 0.282. The minimum atomic E-state index is -1.26. The largest absolute Gasteiger partial charge is 0.493 e. The Morgan fingerprint density at radius 2 is 1.58 bits per heavy atom. The number of aromatic nitrogens is 3. The van der Waals surface area contributed by atoms with Crippen molar-refractivity contribution in [1.82, 2.24) is 14.5 Å². The van der Waals surface area contributed by atoms with Crippen molar-refractivity contribution in [2.75, 3.05) is 28.4 Å². The fourth-order valence-electron chi connectivity index (χ4n) is 4.02. The SMILES string of the molecule is COc1ccc(-c2c(C(=O)O)c(C(=S=O)c3nccn3C)nc3cc(OC)c(OC)cc23)cc1OC. The van der Waals surface area contributed by atoms with Gasteiger partial charge in [0, 0.05) is 36.5 Å². The minimum absolute atomic E-state index is 0.0127. The summed E-state index contributed by atoms with van der Waals surface area (Å²) in [7, 11) is 7.69. The Morgan fingerprint density at radius 3 is 2.14 bits per heavy atom. The number of aromatic carboxylic acids is 1. The topological polar surface area (TPSA) is 122 Å². The van der Waals surface area contributed by atoms with Crippen LogP contribution in [0, 0.1) is 0 Å². The maximum Gasteiger partial charge on any atom is 0.338 e. The van der Waals surface area contributed by atoms with Gasteiger partial charge in [-0.2, -0.15) is 0 Å². The molecule has 2 aromatic carbocycles. The number of pyridine rings is 1. The minimum Gasteiger partial charge on any atom is -0.493 e. The Hall–Kier alpha value is -4.38. The van der Waals surface area contributed by atoms with Crippen LogP contribution in [0.25, 0.3) is 22.0 Å². The zero-order valence-electron chi connectivity index (χ0n) is 20.2. The first-order valence-electron chi connectivity index (χ1n) is 10.6. The lowest BCUT2D eigenvalue weighted by molar-refractivity contribution is 0.0697. The van der Waals surface area contributed by atoms with Gasteiger partial charge in [0.1, 0.15) is 21.8 Å². The zero-order valence-corrected chi connectivity index (χ0v) is 21.0. The monoisotopic (exact) mass is 509 g/mol. The van der Waals surface area contributed by atoms with Crippen molar-refractivity contribution >= 4 is 33.0 Å². The first-order chi connectivity index (χ1) is 17.4. The summed E-state index contributed by atoms with van der Waals surface area (Å²) in [5.41, 5.74) is 1.06. The lowest BCUT2D eigenvalue weighted by Crippen LogP contribution is -2.18. The van der Waals surface area contributed by atoms with E-state index >= 15 is 0 Å². The molecule has 186 valence electrons. The molecular formula is C25H23N3O7S. The highest BCUT2D eigenvalue weighted by Gasteiger charge is 2.28. The summed E-state index contributed by atoms with van der Waals surface area (Å²) < 4.78 is 35.7. The first-order valence-corrected chi connectivity index (χ1v) is 11.3. The summed E-state index contributed by atoms with van der Waals surface area (Å²) in [5, 5.41) is 10.9. The van der Waals surface area contributed by atoms with E-state index in [1.54, 1.807) is 48.1 Å². The number of aryl methyl sites for hydroxylation is 1. The van der Waals surface area contributed by atoms with E-state index in [2.05, 4.69) is 9.97 Å². The van der Waals surface area contributed by atoms with Gasteiger partial charge in [0.15, 0.2) is 28.8 Å².